The lowest BCUT2D eigenvalue weighted by molar-refractivity contribution is -0.183. The second kappa shape index (κ2) is 5.01. The first-order valence-electron chi connectivity index (χ1n) is 5.31. The topological polar surface area (TPSA) is 97.3 Å². The molecule has 7 heteroatoms. The van der Waals surface area contributed by atoms with Gasteiger partial charge in [0.25, 0.3) is 0 Å². The summed E-state index contributed by atoms with van der Waals surface area (Å²) in [6, 6.07) is -0.846. The van der Waals surface area contributed by atoms with E-state index in [-0.39, 0.29) is 13.2 Å². The Morgan fingerprint density at radius 1 is 1.53 bits per heavy atom. The fraction of sp³-hybridized carbons (Fsp3) is 0.700. The molecule has 7 nitrogen and oxygen atoms in total. The summed E-state index contributed by atoms with van der Waals surface area (Å²) in [7, 11) is 0. The van der Waals surface area contributed by atoms with E-state index in [4.69, 9.17) is 14.2 Å². The first kappa shape index (κ1) is 12.3. The number of hydrogen-bond donors (Lipinski definition) is 3. The highest BCUT2D eigenvalue weighted by Gasteiger charge is 2.50. The highest BCUT2D eigenvalue weighted by atomic mass is 16.7. The van der Waals surface area contributed by atoms with Crippen LogP contribution in [0.25, 0.3) is 0 Å². The molecule has 0 aromatic heterocycles. The summed E-state index contributed by atoms with van der Waals surface area (Å²) in [5, 5.41) is 21.8. The van der Waals surface area contributed by atoms with E-state index in [9.17, 15) is 15.0 Å². The molecule has 2 bridgehead atoms. The molecule has 0 aromatic rings. The summed E-state index contributed by atoms with van der Waals surface area (Å²) in [5.41, 5.74) is 0. The standard InChI is InChI=1S/C10H15NO6/c1-2-3-15-10(14)11-6-8(13)7(12)5-4-16-9(6)17-5/h2,5-9,12-13H,1,3-4H2,(H,11,14). The molecule has 5 unspecified atom stereocenters. The first-order chi connectivity index (χ1) is 8.13. The van der Waals surface area contributed by atoms with Crippen molar-refractivity contribution in [2.75, 3.05) is 13.2 Å². The Morgan fingerprint density at radius 3 is 3.00 bits per heavy atom. The Morgan fingerprint density at radius 2 is 2.29 bits per heavy atom. The van der Waals surface area contributed by atoms with Crippen LogP contribution in [0.15, 0.2) is 12.7 Å². The van der Waals surface area contributed by atoms with E-state index in [1.807, 2.05) is 0 Å². The van der Waals surface area contributed by atoms with Gasteiger partial charge in [-0.25, -0.2) is 4.79 Å². The number of hydrogen-bond acceptors (Lipinski definition) is 6. The van der Waals surface area contributed by atoms with E-state index in [2.05, 4.69) is 11.9 Å². The summed E-state index contributed by atoms with van der Waals surface area (Å²) in [6.45, 7) is 3.66. The highest BCUT2D eigenvalue weighted by Crippen LogP contribution is 2.28. The molecular weight excluding hydrogens is 230 g/mol. The zero-order chi connectivity index (χ0) is 12.4. The number of carbonyl (C=O) groups excluding carboxylic acids is 1. The predicted octanol–water partition coefficient (Wildman–Crippen LogP) is -1.26. The predicted molar refractivity (Wildman–Crippen MR) is 55.1 cm³/mol. The Labute approximate surface area is 98.0 Å². The van der Waals surface area contributed by atoms with Crippen molar-refractivity contribution in [3.05, 3.63) is 12.7 Å². The lowest BCUT2D eigenvalue weighted by Gasteiger charge is -2.35. The molecule has 2 aliphatic rings. The Kier molecular flexibility index (Phi) is 3.63. The molecule has 1 amide bonds. The number of aliphatic hydroxyl groups is 2. The second-order valence-corrected chi connectivity index (χ2v) is 3.91. The fourth-order valence-electron chi connectivity index (χ4n) is 1.87. The summed E-state index contributed by atoms with van der Waals surface area (Å²) < 4.78 is 15.2. The van der Waals surface area contributed by atoms with Gasteiger partial charge in [0.15, 0.2) is 6.29 Å². The van der Waals surface area contributed by atoms with Gasteiger partial charge in [0.05, 0.1) is 6.61 Å². The molecule has 2 fully saturated rings. The second-order valence-electron chi connectivity index (χ2n) is 3.91. The maximum absolute atomic E-state index is 11.3. The van der Waals surface area contributed by atoms with Crippen molar-refractivity contribution in [2.45, 2.75) is 30.6 Å². The van der Waals surface area contributed by atoms with Crippen LogP contribution in [0.3, 0.4) is 0 Å². The summed E-state index contributed by atoms with van der Waals surface area (Å²) in [5.74, 6) is 0. The molecule has 0 spiro atoms. The normalized spacial score (nSPS) is 39.8. The van der Waals surface area contributed by atoms with Crippen LogP contribution >= 0.6 is 0 Å². The van der Waals surface area contributed by atoms with Gasteiger partial charge >= 0.3 is 6.09 Å². The van der Waals surface area contributed by atoms with Crippen LogP contribution in [0.4, 0.5) is 4.79 Å². The lowest BCUT2D eigenvalue weighted by Crippen LogP contribution is -2.60. The number of carbonyl (C=O) groups is 1. The summed E-state index contributed by atoms with van der Waals surface area (Å²) in [4.78, 5) is 11.3. The van der Waals surface area contributed by atoms with Gasteiger partial charge in [-0.3, -0.25) is 0 Å². The highest BCUT2D eigenvalue weighted by molar-refractivity contribution is 5.67. The third-order valence-corrected chi connectivity index (χ3v) is 2.74. The molecule has 2 saturated heterocycles. The molecule has 96 valence electrons. The van der Waals surface area contributed by atoms with Crippen molar-refractivity contribution in [1.82, 2.24) is 5.32 Å². The van der Waals surface area contributed by atoms with Crippen LogP contribution < -0.4 is 5.32 Å². The molecule has 2 rings (SSSR count). The molecule has 0 radical (unpaired) electrons. The zero-order valence-corrected chi connectivity index (χ0v) is 9.11. The third kappa shape index (κ3) is 2.42. The molecule has 0 saturated carbocycles. The maximum Gasteiger partial charge on any atom is 0.407 e. The van der Waals surface area contributed by atoms with Gasteiger partial charge in [0, 0.05) is 0 Å². The molecule has 5 atom stereocenters. The smallest absolute Gasteiger partial charge is 0.407 e. The number of fused-ring (bicyclic) bond motifs is 2. The number of rotatable bonds is 3. The minimum Gasteiger partial charge on any atom is -0.445 e. The number of ether oxygens (including phenoxy) is 3. The van der Waals surface area contributed by atoms with Gasteiger partial charge in [-0.2, -0.15) is 0 Å². The maximum atomic E-state index is 11.3. The number of alkyl carbamates (subject to hydrolysis) is 1. The van der Waals surface area contributed by atoms with Gasteiger partial charge in [-0.05, 0) is 0 Å². The molecule has 3 N–H and O–H groups in total. The van der Waals surface area contributed by atoms with Crippen LogP contribution in [-0.2, 0) is 14.2 Å². The Balaban J connectivity index is 1.94. The number of aliphatic hydroxyl groups excluding tert-OH is 2. The van der Waals surface area contributed by atoms with E-state index in [0.717, 1.165) is 0 Å². The van der Waals surface area contributed by atoms with Gasteiger partial charge in [0.1, 0.15) is 31.0 Å². The zero-order valence-electron chi connectivity index (χ0n) is 9.11. The van der Waals surface area contributed by atoms with Crippen LogP contribution in [0, 0.1) is 0 Å². The Hall–Kier alpha value is -1.15. The van der Waals surface area contributed by atoms with Crippen LogP contribution in [-0.4, -0.2) is 60.2 Å². The number of nitrogens with one attached hydrogen (secondary N) is 1. The van der Waals surface area contributed by atoms with Crippen molar-refractivity contribution in [3.63, 3.8) is 0 Å². The molecule has 0 aromatic carbocycles. The average Bonchev–Trinajstić information content (AvgIpc) is 2.76. The van der Waals surface area contributed by atoms with E-state index < -0.39 is 36.7 Å². The minimum atomic E-state index is -1.14. The summed E-state index contributed by atoms with van der Waals surface area (Å²) >= 11 is 0. The van der Waals surface area contributed by atoms with Crippen molar-refractivity contribution in [1.29, 1.82) is 0 Å². The molecule has 0 aliphatic carbocycles. The largest absolute Gasteiger partial charge is 0.445 e. The number of amides is 1. The molecule has 2 heterocycles. The van der Waals surface area contributed by atoms with Crippen molar-refractivity contribution >= 4 is 6.09 Å². The van der Waals surface area contributed by atoms with Gasteiger partial charge in [0.2, 0.25) is 0 Å². The minimum absolute atomic E-state index is 0.0617. The van der Waals surface area contributed by atoms with Crippen LogP contribution in [0.2, 0.25) is 0 Å². The molecular formula is C10H15NO6. The van der Waals surface area contributed by atoms with E-state index in [0.29, 0.717) is 0 Å². The molecule has 17 heavy (non-hydrogen) atoms. The monoisotopic (exact) mass is 245 g/mol. The lowest BCUT2D eigenvalue weighted by atomic mass is 9.99. The first-order valence-corrected chi connectivity index (χ1v) is 5.31. The van der Waals surface area contributed by atoms with Crippen molar-refractivity contribution < 1.29 is 29.2 Å². The van der Waals surface area contributed by atoms with Gasteiger partial charge < -0.3 is 29.7 Å². The van der Waals surface area contributed by atoms with Crippen molar-refractivity contribution in [2.24, 2.45) is 0 Å². The van der Waals surface area contributed by atoms with E-state index >= 15 is 0 Å². The quantitative estimate of drug-likeness (QED) is 0.537. The van der Waals surface area contributed by atoms with Crippen molar-refractivity contribution in [3.8, 4) is 0 Å². The van der Waals surface area contributed by atoms with Gasteiger partial charge in [-0.15, -0.1) is 0 Å². The SMILES string of the molecule is C=CCOC(=O)NC1C2OCC(O2)C(O)C1O. The molecule has 2 aliphatic heterocycles. The van der Waals surface area contributed by atoms with E-state index in [1.54, 1.807) is 0 Å². The van der Waals surface area contributed by atoms with Gasteiger partial charge in [-0.1, -0.05) is 12.7 Å². The van der Waals surface area contributed by atoms with Crippen LogP contribution in [0.5, 0.6) is 0 Å². The Bertz CT molecular complexity index is 309. The fourth-order valence-corrected chi connectivity index (χ4v) is 1.87. The van der Waals surface area contributed by atoms with E-state index in [1.165, 1.54) is 6.08 Å². The van der Waals surface area contributed by atoms with Crippen LogP contribution in [0.1, 0.15) is 0 Å². The average molecular weight is 245 g/mol. The summed E-state index contributed by atoms with van der Waals surface area (Å²) in [6.07, 6.45) is -2.83. The third-order valence-electron chi connectivity index (χ3n) is 2.74.